The van der Waals surface area contributed by atoms with E-state index in [1.807, 2.05) is 6.08 Å². The molecule has 1 unspecified atom stereocenters. The molecule has 0 amide bonds. The van der Waals surface area contributed by atoms with E-state index in [2.05, 4.69) is 19.6 Å². The molecular weight excluding hydrogens is 100 g/mol. The van der Waals surface area contributed by atoms with Crippen LogP contribution in [0, 0.1) is 0 Å². The second kappa shape index (κ2) is 2.72. The first-order valence-electron chi connectivity index (χ1n) is 2.87. The molecule has 0 aromatic carbocycles. The van der Waals surface area contributed by atoms with Gasteiger partial charge in [-0.3, -0.25) is 0 Å². The van der Waals surface area contributed by atoms with E-state index in [9.17, 15) is 0 Å². The average Bonchev–Trinajstić information content (AvgIpc) is 1.67. The van der Waals surface area contributed by atoms with E-state index in [0.717, 1.165) is 6.42 Å². The molecule has 1 atom stereocenters. The summed E-state index contributed by atoms with van der Waals surface area (Å²) in [4.78, 5) is 0. The average molecular weight is 115 g/mol. The highest BCUT2D eigenvalue weighted by molar-refractivity contribution is 4.93. The molecule has 0 aliphatic carbocycles. The van der Waals surface area contributed by atoms with Crippen molar-refractivity contribution in [3.05, 3.63) is 12.3 Å². The molecule has 0 saturated carbocycles. The van der Waals surface area contributed by atoms with Crippen molar-refractivity contribution in [3.8, 4) is 0 Å². The molecular formula is C6H15N2+. The Morgan fingerprint density at radius 2 is 2.25 bits per heavy atom. The van der Waals surface area contributed by atoms with E-state index in [4.69, 9.17) is 5.73 Å². The Bertz CT molecular complexity index is 84.5. The van der Waals surface area contributed by atoms with Crippen molar-refractivity contribution in [1.82, 2.24) is 0 Å². The molecule has 0 heterocycles. The van der Waals surface area contributed by atoms with Crippen LogP contribution in [0.3, 0.4) is 0 Å². The van der Waals surface area contributed by atoms with E-state index in [1.54, 1.807) is 6.20 Å². The summed E-state index contributed by atoms with van der Waals surface area (Å²) in [6.07, 6.45) is 4.49. The fourth-order valence-corrected chi connectivity index (χ4v) is 0.350. The number of hydrogen-bond donors (Lipinski definition) is 2. The SMILES string of the molecule is CCC(C)([NH3+])C=CN. The summed E-state index contributed by atoms with van der Waals surface area (Å²) in [5, 5.41) is 0. The zero-order chi connectivity index (χ0) is 6.62. The predicted octanol–water partition coefficient (Wildman–Crippen LogP) is -0.131. The first kappa shape index (κ1) is 7.50. The highest BCUT2D eigenvalue weighted by Gasteiger charge is 2.13. The van der Waals surface area contributed by atoms with Crippen LogP contribution in [0.25, 0.3) is 0 Å². The Labute approximate surface area is 50.6 Å². The molecule has 2 nitrogen and oxygen atoms in total. The third kappa shape index (κ3) is 2.64. The Balaban J connectivity index is 3.71. The molecule has 0 bridgehead atoms. The van der Waals surface area contributed by atoms with Crippen LogP contribution in [0.2, 0.25) is 0 Å². The van der Waals surface area contributed by atoms with Gasteiger partial charge in [0, 0.05) is 6.42 Å². The molecule has 48 valence electrons. The van der Waals surface area contributed by atoms with Gasteiger partial charge >= 0.3 is 0 Å². The summed E-state index contributed by atoms with van der Waals surface area (Å²) in [7, 11) is 0. The Morgan fingerprint density at radius 3 is 2.38 bits per heavy atom. The minimum Gasteiger partial charge on any atom is -0.405 e. The fraction of sp³-hybridized carbons (Fsp3) is 0.667. The van der Waals surface area contributed by atoms with Crippen molar-refractivity contribution in [2.75, 3.05) is 0 Å². The molecule has 0 saturated heterocycles. The highest BCUT2D eigenvalue weighted by atomic mass is 14.7. The molecule has 2 heteroatoms. The van der Waals surface area contributed by atoms with Crippen molar-refractivity contribution in [1.29, 1.82) is 0 Å². The largest absolute Gasteiger partial charge is 0.405 e. The van der Waals surface area contributed by atoms with Gasteiger partial charge in [0.15, 0.2) is 0 Å². The predicted molar refractivity (Wildman–Crippen MR) is 34.9 cm³/mol. The van der Waals surface area contributed by atoms with Crippen LogP contribution in [-0.4, -0.2) is 5.54 Å². The summed E-state index contributed by atoms with van der Waals surface area (Å²) in [5.74, 6) is 0. The smallest absolute Gasteiger partial charge is 0.112 e. The Morgan fingerprint density at radius 1 is 1.75 bits per heavy atom. The van der Waals surface area contributed by atoms with Crippen LogP contribution in [0.4, 0.5) is 0 Å². The van der Waals surface area contributed by atoms with Crippen molar-refractivity contribution >= 4 is 0 Å². The molecule has 0 aliphatic heterocycles. The molecule has 8 heavy (non-hydrogen) atoms. The molecule has 0 rings (SSSR count). The van der Waals surface area contributed by atoms with Crippen molar-refractivity contribution in [2.45, 2.75) is 25.8 Å². The second-order valence-corrected chi connectivity index (χ2v) is 2.37. The first-order chi connectivity index (χ1) is 3.62. The summed E-state index contributed by atoms with van der Waals surface area (Å²) in [5.41, 5.74) is 9.12. The number of quaternary nitrogens is 1. The van der Waals surface area contributed by atoms with Crippen LogP contribution >= 0.6 is 0 Å². The molecule has 0 aromatic heterocycles. The molecule has 0 aliphatic rings. The van der Waals surface area contributed by atoms with Gasteiger partial charge < -0.3 is 11.5 Å². The van der Waals surface area contributed by atoms with Crippen LogP contribution in [0.15, 0.2) is 12.3 Å². The van der Waals surface area contributed by atoms with E-state index in [1.165, 1.54) is 0 Å². The lowest BCUT2D eigenvalue weighted by Gasteiger charge is -2.11. The zero-order valence-electron chi connectivity index (χ0n) is 5.65. The minimum atomic E-state index is 0.0365. The van der Waals surface area contributed by atoms with Gasteiger partial charge in [-0.2, -0.15) is 0 Å². The van der Waals surface area contributed by atoms with Gasteiger partial charge in [0.05, 0.1) is 0 Å². The number of hydrogen-bond acceptors (Lipinski definition) is 1. The summed E-state index contributed by atoms with van der Waals surface area (Å²) in [6.45, 7) is 4.14. The summed E-state index contributed by atoms with van der Waals surface area (Å²) < 4.78 is 0. The van der Waals surface area contributed by atoms with Crippen molar-refractivity contribution in [2.24, 2.45) is 5.73 Å². The van der Waals surface area contributed by atoms with Crippen molar-refractivity contribution in [3.63, 3.8) is 0 Å². The third-order valence-corrected chi connectivity index (χ3v) is 1.31. The van der Waals surface area contributed by atoms with Gasteiger partial charge in [0.1, 0.15) is 5.54 Å². The Kier molecular flexibility index (Phi) is 2.55. The molecule has 0 radical (unpaired) electrons. The normalized spacial score (nSPS) is 18.9. The van der Waals surface area contributed by atoms with Gasteiger partial charge in [-0.05, 0) is 19.2 Å². The van der Waals surface area contributed by atoms with Gasteiger partial charge in [0.25, 0.3) is 0 Å². The maximum absolute atomic E-state index is 5.17. The van der Waals surface area contributed by atoms with E-state index < -0.39 is 0 Å². The van der Waals surface area contributed by atoms with E-state index in [-0.39, 0.29) is 5.54 Å². The number of nitrogens with two attached hydrogens (primary N) is 1. The molecule has 0 spiro atoms. The monoisotopic (exact) mass is 115 g/mol. The standard InChI is InChI=1S/C6H14N2/c1-3-6(2,8)4-5-7/h4-5H,3,7-8H2,1-2H3/p+1. The maximum atomic E-state index is 5.17. The number of rotatable bonds is 2. The quantitative estimate of drug-likeness (QED) is 0.517. The van der Waals surface area contributed by atoms with E-state index in [0.29, 0.717) is 0 Å². The minimum absolute atomic E-state index is 0.0365. The fourth-order valence-electron chi connectivity index (χ4n) is 0.350. The van der Waals surface area contributed by atoms with Gasteiger partial charge in [-0.15, -0.1) is 0 Å². The van der Waals surface area contributed by atoms with Crippen LogP contribution < -0.4 is 11.5 Å². The van der Waals surface area contributed by atoms with Crippen LogP contribution in [-0.2, 0) is 0 Å². The van der Waals surface area contributed by atoms with Crippen molar-refractivity contribution < 1.29 is 5.73 Å². The Hall–Kier alpha value is -0.500. The lowest BCUT2D eigenvalue weighted by molar-refractivity contribution is -0.453. The summed E-state index contributed by atoms with van der Waals surface area (Å²) in [6, 6.07) is 0. The first-order valence-corrected chi connectivity index (χ1v) is 2.87. The van der Waals surface area contributed by atoms with Gasteiger partial charge in [-0.25, -0.2) is 0 Å². The van der Waals surface area contributed by atoms with Crippen LogP contribution in [0.1, 0.15) is 20.3 Å². The molecule has 0 fully saturated rings. The van der Waals surface area contributed by atoms with Crippen LogP contribution in [0.5, 0.6) is 0 Å². The maximum Gasteiger partial charge on any atom is 0.112 e. The van der Waals surface area contributed by atoms with Gasteiger partial charge in [-0.1, -0.05) is 6.92 Å². The second-order valence-electron chi connectivity index (χ2n) is 2.37. The highest BCUT2D eigenvalue weighted by Crippen LogP contribution is 2.01. The topological polar surface area (TPSA) is 53.7 Å². The zero-order valence-corrected chi connectivity index (χ0v) is 5.65. The third-order valence-electron chi connectivity index (χ3n) is 1.31. The summed E-state index contributed by atoms with van der Waals surface area (Å²) >= 11 is 0. The lowest BCUT2D eigenvalue weighted by atomic mass is 10.0. The van der Waals surface area contributed by atoms with E-state index >= 15 is 0 Å². The lowest BCUT2D eigenvalue weighted by Crippen LogP contribution is -2.69. The molecule has 0 aromatic rings. The van der Waals surface area contributed by atoms with Gasteiger partial charge in [0.2, 0.25) is 0 Å². The molecule has 5 N–H and O–H groups in total.